The maximum atomic E-state index is 2.71. The normalized spacial score (nSPS) is 29.7. The van der Waals surface area contributed by atoms with Gasteiger partial charge in [0.05, 0.1) is 5.69 Å². The van der Waals surface area contributed by atoms with Gasteiger partial charge in [-0.1, -0.05) is 153 Å². The van der Waals surface area contributed by atoms with Gasteiger partial charge in [0.2, 0.25) is 0 Å². The fraction of sp³-hybridized carbons (Fsp3) is 0.333. The van der Waals surface area contributed by atoms with E-state index in [4.69, 9.17) is 0 Å². The molecular formula is C63H59N. The molecule has 64 heavy (non-hydrogen) atoms. The molecule has 0 aromatic heterocycles. The zero-order valence-corrected chi connectivity index (χ0v) is 37.4. The molecule has 2 atom stereocenters. The van der Waals surface area contributed by atoms with Crippen molar-refractivity contribution in [2.24, 2.45) is 41.4 Å². The Morgan fingerprint density at radius 3 is 1.59 bits per heavy atom. The van der Waals surface area contributed by atoms with Crippen LogP contribution in [0.15, 0.2) is 164 Å². The molecule has 0 amide bonds. The topological polar surface area (TPSA) is 3.24 Å². The molecule has 8 aliphatic rings. The summed E-state index contributed by atoms with van der Waals surface area (Å²) in [4.78, 5) is 2.69. The number of benzene rings is 7. The van der Waals surface area contributed by atoms with Crippen LogP contribution in [0, 0.1) is 41.4 Å². The smallest absolute Gasteiger partial charge is 0.0543 e. The van der Waals surface area contributed by atoms with Crippen molar-refractivity contribution in [1.82, 2.24) is 0 Å². The molecule has 7 aromatic rings. The molecule has 1 heteroatoms. The van der Waals surface area contributed by atoms with E-state index in [0.29, 0.717) is 11.8 Å². The molecule has 6 bridgehead atoms. The van der Waals surface area contributed by atoms with Gasteiger partial charge in [-0.15, -0.1) is 0 Å². The third kappa shape index (κ3) is 5.13. The van der Waals surface area contributed by atoms with Gasteiger partial charge in [0, 0.05) is 27.8 Å². The molecule has 6 saturated carbocycles. The molecule has 0 heterocycles. The molecule has 7 aromatic carbocycles. The zero-order valence-electron chi connectivity index (χ0n) is 37.4. The van der Waals surface area contributed by atoms with Crippen molar-refractivity contribution in [1.29, 1.82) is 0 Å². The average Bonchev–Trinajstić information content (AvgIpc) is 3.79. The van der Waals surface area contributed by atoms with Crippen LogP contribution in [0.5, 0.6) is 0 Å². The first kappa shape index (κ1) is 37.7. The second kappa shape index (κ2) is 14.2. The van der Waals surface area contributed by atoms with E-state index in [9.17, 15) is 0 Å². The lowest BCUT2D eigenvalue weighted by Gasteiger charge is -2.61. The Morgan fingerprint density at radius 1 is 0.422 bits per heavy atom. The zero-order chi connectivity index (χ0) is 42.1. The van der Waals surface area contributed by atoms with Gasteiger partial charge < -0.3 is 4.90 Å². The van der Waals surface area contributed by atoms with Crippen molar-refractivity contribution < 1.29 is 0 Å². The van der Waals surface area contributed by atoms with Gasteiger partial charge in [-0.05, 0) is 191 Å². The molecule has 0 N–H and O–H groups in total. The Balaban J connectivity index is 0.958. The summed E-state index contributed by atoms with van der Waals surface area (Å²) >= 11 is 0. The fourth-order valence-electron chi connectivity index (χ4n) is 16.7. The number of nitrogens with zero attached hydrogens (tertiary/aromatic N) is 1. The molecule has 8 aliphatic carbocycles. The van der Waals surface area contributed by atoms with E-state index < -0.39 is 0 Å². The summed E-state index contributed by atoms with van der Waals surface area (Å²) in [6.45, 7) is 2.44. The Kier molecular flexibility index (Phi) is 8.34. The van der Waals surface area contributed by atoms with Crippen LogP contribution in [0.25, 0.3) is 44.5 Å². The van der Waals surface area contributed by atoms with Crippen LogP contribution in [-0.2, 0) is 10.8 Å². The first-order valence-corrected chi connectivity index (χ1v) is 25.2. The quantitative estimate of drug-likeness (QED) is 0.161. The molecule has 0 saturated heterocycles. The minimum absolute atomic E-state index is 0.0946. The van der Waals surface area contributed by atoms with E-state index in [1.54, 1.807) is 22.3 Å². The summed E-state index contributed by atoms with van der Waals surface area (Å²) in [5, 5.41) is 0. The average molecular weight is 830 g/mol. The Bertz CT molecular complexity index is 2890. The number of hydrogen-bond donors (Lipinski definition) is 0. The van der Waals surface area contributed by atoms with E-state index in [-0.39, 0.29) is 10.8 Å². The molecule has 2 unspecified atom stereocenters. The first-order chi connectivity index (χ1) is 31.6. The van der Waals surface area contributed by atoms with Crippen molar-refractivity contribution in [3.63, 3.8) is 0 Å². The standard InChI is InChI=1S/C63H59N/c1-2-40-33-47-14-10-15-48(34-40)62(47)57-19-9-7-17-55(57)61-58(62)20-11-21-60(61)64(51-28-26-46(27-29-51)45-24-22-44(23-25-45)43-12-4-3-5-13-43)52-30-31-54-53-16-6-8-18-56(53)63(59(54)39-52)49-35-41-32-42(37-49)38-50(63)36-41/h3-9,11-13,16-31,39-42,47-50H,2,10,14-15,32-38H2,1H3. The Hall–Kier alpha value is -5.66. The Labute approximate surface area is 380 Å². The summed E-state index contributed by atoms with van der Waals surface area (Å²) in [6.07, 6.45) is 15.2. The number of hydrogen-bond acceptors (Lipinski definition) is 1. The lowest BCUT2D eigenvalue weighted by Crippen LogP contribution is -2.55. The van der Waals surface area contributed by atoms with Crippen molar-refractivity contribution in [2.45, 2.75) is 88.4 Å². The maximum absolute atomic E-state index is 2.71. The minimum Gasteiger partial charge on any atom is -0.310 e. The van der Waals surface area contributed by atoms with Crippen molar-refractivity contribution in [3.05, 3.63) is 186 Å². The molecule has 15 rings (SSSR count). The molecule has 0 radical (unpaired) electrons. The van der Waals surface area contributed by atoms with E-state index in [1.165, 1.54) is 132 Å². The van der Waals surface area contributed by atoms with E-state index in [2.05, 4.69) is 176 Å². The van der Waals surface area contributed by atoms with Crippen LogP contribution in [0.4, 0.5) is 17.1 Å². The van der Waals surface area contributed by atoms with E-state index >= 15 is 0 Å². The molecule has 6 fully saturated rings. The monoisotopic (exact) mass is 829 g/mol. The summed E-state index contributed by atoms with van der Waals surface area (Å²) in [6, 6.07) is 64.0. The highest BCUT2D eigenvalue weighted by Crippen LogP contribution is 2.71. The third-order valence-electron chi connectivity index (χ3n) is 18.8. The van der Waals surface area contributed by atoms with Gasteiger partial charge >= 0.3 is 0 Å². The first-order valence-electron chi connectivity index (χ1n) is 25.2. The van der Waals surface area contributed by atoms with Crippen LogP contribution < -0.4 is 4.90 Å². The molecule has 0 aliphatic heterocycles. The predicted molar refractivity (Wildman–Crippen MR) is 265 cm³/mol. The molecule has 2 spiro atoms. The van der Waals surface area contributed by atoms with Gasteiger partial charge in [-0.3, -0.25) is 0 Å². The van der Waals surface area contributed by atoms with Crippen molar-refractivity contribution in [2.75, 3.05) is 4.90 Å². The number of rotatable bonds is 6. The maximum Gasteiger partial charge on any atom is 0.0543 e. The van der Waals surface area contributed by atoms with Gasteiger partial charge in [-0.2, -0.15) is 0 Å². The highest BCUT2D eigenvalue weighted by atomic mass is 15.1. The molecular weight excluding hydrogens is 771 g/mol. The fourth-order valence-corrected chi connectivity index (χ4v) is 16.7. The van der Waals surface area contributed by atoms with Gasteiger partial charge in [0.15, 0.2) is 0 Å². The number of fused-ring (bicyclic) bond motifs is 6. The second-order valence-corrected chi connectivity index (χ2v) is 21.5. The summed E-state index contributed by atoms with van der Waals surface area (Å²) in [5.41, 5.74) is 21.5. The van der Waals surface area contributed by atoms with Crippen molar-refractivity contribution >= 4 is 17.1 Å². The summed E-state index contributed by atoms with van der Waals surface area (Å²) in [7, 11) is 0. The van der Waals surface area contributed by atoms with Gasteiger partial charge in [0.1, 0.15) is 0 Å². The highest BCUT2D eigenvalue weighted by molar-refractivity contribution is 5.96. The van der Waals surface area contributed by atoms with Crippen molar-refractivity contribution in [3.8, 4) is 44.5 Å². The Morgan fingerprint density at radius 2 is 0.938 bits per heavy atom. The van der Waals surface area contributed by atoms with Crippen LogP contribution >= 0.6 is 0 Å². The van der Waals surface area contributed by atoms with E-state index in [0.717, 1.165) is 29.6 Å². The minimum atomic E-state index is 0.0946. The predicted octanol–water partition coefficient (Wildman–Crippen LogP) is 16.7. The number of anilines is 3. The molecule has 1 nitrogen and oxygen atoms in total. The van der Waals surface area contributed by atoms with E-state index in [1.807, 2.05) is 0 Å². The SMILES string of the molecule is CCC1CC2CCCC(C1)C21c2ccccc2-c2c(N(c3ccc(-c4ccc(-c5ccccc5)cc4)cc3)c3ccc4c(c3)C3(c5ccccc5-4)C4CC5CC(C4)CC3C5)cccc21. The summed E-state index contributed by atoms with van der Waals surface area (Å²) in [5.74, 6) is 5.53. The second-order valence-electron chi connectivity index (χ2n) is 21.5. The van der Waals surface area contributed by atoms with Gasteiger partial charge in [-0.25, -0.2) is 0 Å². The van der Waals surface area contributed by atoms with Crippen LogP contribution in [0.3, 0.4) is 0 Å². The largest absolute Gasteiger partial charge is 0.310 e. The molecule has 316 valence electrons. The van der Waals surface area contributed by atoms with Crippen LogP contribution in [0.2, 0.25) is 0 Å². The summed E-state index contributed by atoms with van der Waals surface area (Å²) < 4.78 is 0. The lowest BCUT2D eigenvalue weighted by atomic mass is 9.43. The third-order valence-corrected chi connectivity index (χ3v) is 18.8. The lowest BCUT2D eigenvalue weighted by molar-refractivity contribution is -0.0399. The highest BCUT2D eigenvalue weighted by Gasteiger charge is 2.62. The van der Waals surface area contributed by atoms with Crippen LogP contribution in [-0.4, -0.2) is 0 Å². The van der Waals surface area contributed by atoms with Gasteiger partial charge in [0.25, 0.3) is 0 Å². The van der Waals surface area contributed by atoms with Crippen LogP contribution in [0.1, 0.15) is 99.8 Å².